The van der Waals surface area contributed by atoms with Crippen LogP contribution in [0.15, 0.2) is 42.5 Å². The highest BCUT2D eigenvalue weighted by Gasteiger charge is 2.15. The summed E-state index contributed by atoms with van der Waals surface area (Å²) < 4.78 is 12.8. The largest absolute Gasteiger partial charge is 0.494 e. The number of carbonyl (C=O) groups is 1. The molecule has 3 aromatic rings. The number of carbonyl (C=O) groups excluding carboxylic acids is 1. The Hall–Kier alpha value is -2.90. The smallest absolute Gasteiger partial charge is 0.274 e. The van der Waals surface area contributed by atoms with Crippen molar-refractivity contribution in [1.82, 2.24) is 15.0 Å². The van der Waals surface area contributed by atoms with Gasteiger partial charge in [0.15, 0.2) is 0 Å². The van der Waals surface area contributed by atoms with Crippen molar-refractivity contribution in [2.24, 2.45) is 0 Å². The number of aromatic nitrogens is 2. The molecule has 0 unspecified atom stereocenters. The number of ether oxygens (including phenoxy) is 2. The molecule has 2 aromatic carbocycles. The van der Waals surface area contributed by atoms with Gasteiger partial charge in [-0.25, -0.2) is 10.5 Å². The molecule has 0 saturated heterocycles. The fraction of sp³-hybridized carbons (Fsp3) is 0.263. The average molecular weight is 355 g/mol. The summed E-state index contributed by atoms with van der Waals surface area (Å²) in [4.78, 5) is 16.4. The quantitative estimate of drug-likeness (QED) is 0.502. The van der Waals surface area contributed by atoms with Crippen LogP contribution in [0, 0.1) is 0 Å². The van der Waals surface area contributed by atoms with Crippen molar-refractivity contribution in [3.63, 3.8) is 0 Å². The zero-order valence-corrected chi connectivity index (χ0v) is 14.7. The lowest BCUT2D eigenvalue weighted by molar-refractivity contribution is 0.0706. The summed E-state index contributed by atoms with van der Waals surface area (Å²) in [6, 6.07) is 12.9. The summed E-state index contributed by atoms with van der Waals surface area (Å²) >= 11 is 0. The van der Waals surface area contributed by atoms with Crippen LogP contribution in [0.5, 0.6) is 5.75 Å². The molecule has 7 heteroatoms. The Labute approximate surface area is 151 Å². The molecule has 0 fully saturated rings. The molecule has 3 rings (SSSR count). The van der Waals surface area contributed by atoms with Gasteiger partial charge in [0, 0.05) is 25.6 Å². The summed E-state index contributed by atoms with van der Waals surface area (Å²) in [7, 11) is 3.29. The van der Waals surface area contributed by atoms with E-state index >= 15 is 0 Å². The van der Waals surface area contributed by atoms with Gasteiger partial charge >= 0.3 is 0 Å². The number of nitrogens with zero attached hydrogens (tertiary/aromatic N) is 2. The second-order valence-corrected chi connectivity index (χ2v) is 5.82. The molecule has 7 nitrogen and oxygen atoms in total. The van der Waals surface area contributed by atoms with E-state index in [9.17, 15) is 4.79 Å². The molecule has 0 aliphatic rings. The van der Waals surface area contributed by atoms with Crippen molar-refractivity contribution >= 4 is 16.9 Å². The first-order chi connectivity index (χ1) is 12.7. The van der Waals surface area contributed by atoms with E-state index < -0.39 is 5.91 Å². The summed E-state index contributed by atoms with van der Waals surface area (Å²) in [6.07, 6.45) is 0.536. The average Bonchev–Trinajstić information content (AvgIpc) is 3.02. The number of imidazole rings is 1. The van der Waals surface area contributed by atoms with E-state index in [2.05, 4.69) is 4.57 Å². The van der Waals surface area contributed by atoms with Crippen molar-refractivity contribution in [2.75, 3.05) is 20.8 Å². The predicted octanol–water partition coefficient (Wildman–Crippen LogP) is 2.40. The molecule has 136 valence electrons. The van der Waals surface area contributed by atoms with Crippen LogP contribution in [0.25, 0.3) is 11.0 Å². The van der Waals surface area contributed by atoms with Gasteiger partial charge in [-0.1, -0.05) is 18.2 Å². The number of hydrogen-bond donors (Lipinski definition) is 2. The van der Waals surface area contributed by atoms with Crippen LogP contribution in [0.1, 0.15) is 21.7 Å². The molecule has 26 heavy (non-hydrogen) atoms. The lowest BCUT2D eigenvalue weighted by Gasteiger charge is -2.09. The molecule has 0 aliphatic heterocycles. The van der Waals surface area contributed by atoms with E-state index in [0.29, 0.717) is 30.9 Å². The third-order valence-corrected chi connectivity index (χ3v) is 4.21. The molecule has 2 N–H and O–H groups in total. The minimum absolute atomic E-state index is 0.391. The first-order valence-electron chi connectivity index (χ1n) is 8.22. The fourth-order valence-electron chi connectivity index (χ4n) is 2.97. The molecule has 1 aromatic heterocycles. The molecule has 0 radical (unpaired) electrons. The number of rotatable bonds is 7. The Bertz CT molecular complexity index is 920. The van der Waals surface area contributed by atoms with E-state index in [4.69, 9.17) is 19.7 Å². The minimum Gasteiger partial charge on any atom is -0.494 e. The summed E-state index contributed by atoms with van der Waals surface area (Å²) in [5, 5.41) is 8.82. The standard InChI is InChI=1S/C19H21N3O4/c1-25-10-9-22-15-7-4-8-16(26-2)18(15)20-17(22)12-13-5-3-6-14(11-13)19(23)21-24/h3-8,11,24H,9-10,12H2,1-2H3,(H,21,23). The van der Waals surface area contributed by atoms with Crippen molar-refractivity contribution in [3.05, 3.63) is 59.4 Å². The van der Waals surface area contributed by atoms with E-state index in [1.54, 1.807) is 37.9 Å². The molecule has 1 heterocycles. The number of benzene rings is 2. The van der Waals surface area contributed by atoms with Crippen LogP contribution in [-0.2, 0) is 17.7 Å². The van der Waals surface area contributed by atoms with Crippen LogP contribution in [0.2, 0.25) is 0 Å². The summed E-state index contributed by atoms with van der Waals surface area (Å²) in [6.45, 7) is 1.22. The van der Waals surface area contributed by atoms with Crippen molar-refractivity contribution in [2.45, 2.75) is 13.0 Å². The van der Waals surface area contributed by atoms with Crippen LogP contribution in [-0.4, -0.2) is 41.5 Å². The Morgan fingerprint density at radius 3 is 2.77 bits per heavy atom. The number of methoxy groups -OCH3 is 2. The molecular weight excluding hydrogens is 334 g/mol. The van der Waals surface area contributed by atoms with Gasteiger partial charge in [0.1, 0.15) is 17.1 Å². The van der Waals surface area contributed by atoms with Gasteiger partial charge in [-0.05, 0) is 29.8 Å². The van der Waals surface area contributed by atoms with Crippen LogP contribution in [0.3, 0.4) is 0 Å². The second kappa shape index (κ2) is 7.99. The SMILES string of the molecule is COCCn1c(Cc2cccc(C(=O)NO)c2)nc2c(OC)cccc21. The highest BCUT2D eigenvalue weighted by molar-refractivity contribution is 5.93. The number of fused-ring (bicyclic) bond motifs is 1. The van der Waals surface area contributed by atoms with E-state index in [1.165, 1.54) is 0 Å². The predicted molar refractivity (Wildman–Crippen MR) is 96.7 cm³/mol. The number of hydroxylamine groups is 1. The van der Waals surface area contributed by atoms with Gasteiger partial charge in [0.05, 0.1) is 19.2 Å². The number of nitrogens with one attached hydrogen (secondary N) is 1. The van der Waals surface area contributed by atoms with E-state index in [0.717, 1.165) is 22.4 Å². The van der Waals surface area contributed by atoms with Gasteiger partial charge in [-0.2, -0.15) is 0 Å². The van der Waals surface area contributed by atoms with Gasteiger partial charge in [-0.3, -0.25) is 10.0 Å². The first-order valence-corrected chi connectivity index (χ1v) is 8.22. The van der Waals surface area contributed by atoms with E-state index in [1.807, 2.05) is 24.3 Å². The maximum Gasteiger partial charge on any atom is 0.274 e. The Morgan fingerprint density at radius 2 is 2.04 bits per heavy atom. The van der Waals surface area contributed by atoms with E-state index in [-0.39, 0.29) is 0 Å². The van der Waals surface area contributed by atoms with Gasteiger partial charge in [0.2, 0.25) is 0 Å². The molecule has 1 amide bonds. The third kappa shape index (κ3) is 3.54. The zero-order chi connectivity index (χ0) is 18.5. The Kier molecular flexibility index (Phi) is 5.50. The maximum absolute atomic E-state index is 11.6. The van der Waals surface area contributed by atoms with Crippen molar-refractivity contribution in [3.8, 4) is 5.75 Å². The van der Waals surface area contributed by atoms with Crippen molar-refractivity contribution in [1.29, 1.82) is 0 Å². The van der Waals surface area contributed by atoms with Crippen LogP contribution in [0.4, 0.5) is 0 Å². The molecular formula is C19H21N3O4. The third-order valence-electron chi connectivity index (χ3n) is 4.21. The molecule has 0 atom stereocenters. The lowest BCUT2D eigenvalue weighted by atomic mass is 10.1. The first kappa shape index (κ1) is 17.9. The maximum atomic E-state index is 11.6. The normalized spacial score (nSPS) is 10.9. The number of para-hydroxylation sites is 1. The number of hydrogen-bond acceptors (Lipinski definition) is 5. The summed E-state index contributed by atoms with van der Waals surface area (Å²) in [5.41, 5.74) is 4.73. The Morgan fingerprint density at radius 1 is 1.23 bits per heavy atom. The molecule has 0 spiro atoms. The zero-order valence-electron chi connectivity index (χ0n) is 14.7. The van der Waals surface area contributed by atoms with Gasteiger partial charge in [0.25, 0.3) is 5.91 Å². The fourth-order valence-corrected chi connectivity index (χ4v) is 2.97. The van der Waals surface area contributed by atoms with Crippen LogP contribution >= 0.6 is 0 Å². The highest BCUT2D eigenvalue weighted by Crippen LogP contribution is 2.27. The molecule has 0 bridgehead atoms. The topological polar surface area (TPSA) is 85.6 Å². The minimum atomic E-state index is -0.540. The van der Waals surface area contributed by atoms with Gasteiger partial charge < -0.3 is 14.0 Å². The van der Waals surface area contributed by atoms with Crippen molar-refractivity contribution < 1.29 is 19.5 Å². The van der Waals surface area contributed by atoms with Crippen LogP contribution < -0.4 is 10.2 Å². The Balaban J connectivity index is 2.02. The molecule has 0 aliphatic carbocycles. The second-order valence-electron chi connectivity index (χ2n) is 5.82. The van der Waals surface area contributed by atoms with Gasteiger partial charge in [-0.15, -0.1) is 0 Å². The number of amides is 1. The monoisotopic (exact) mass is 355 g/mol. The highest BCUT2D eigenvalue weighted by atomic mass is 16.5. The molecule has 0 saturated carbocycles. The summed E-state index contributed by atoms with van der Waals surface area (Å²) in [5.74, 6) is 1.03. The lowest BCUT2D eigenvalue weighted by Crippen LogP contribution is -2.18.